The molecule has 2 atom stereocenters. The molecule has 2 unspecified atom stereocenters. The first-order chi connectivity index (χ1) is 8.91. The molecule has 1 fully saturated rings. The fourth-order valence-electron chi connectivity index (χ4n) is 1.94. The Balaban J connectivity index is 2.37. The Bertz CT molecular complexity index is 538. The van der Waals surface area contributed by atoms with E-state index in [2.05, 4.69) is 31.9 Å². The van der Waals surface area contributed by atoms with Crippen LogP contribution in [0.25, 0.3) is 0 Å². The summed E-state index contributed by atoms with van der Waals surface area (Å²) in [5.74, 6) is -0.803. The lowest BCUT2D eigenvalue weighted by Gasteiger charge is -2.25. The number of rotatable bonds is 2. The molecule has 0 bridgehead atoms. The Labute approximate surface area is 131 Å². The van der Waals surface area contributed by atoms with Gasteiger partial charge in [0.25, 0.3) is 5.91 Å². The summed E-state index contributed by atoms with van der Waals surface area (Å²) in [5, 5.41) is 9.05. The van der Waals surface area contributed by atoms with Crippen LogP contribution in [0.2, 0.25) is 0 Å². The van der Waals surface area contributed by atoms with Gasteiger partial charge in [-0.2, -0.15) is 0 Å². The maximum absolute atomic E-state index is 12.5. The number of carboxylic acid groups (broad SMARTS) is 1. The third-order valence-corrected chi connectivity index (χ3v) is 5.30. The van der Waals surface area contributed by atoms with Crippen molar-refractivity contribution in [2.75, 3.05) is 5.75 Å². The number of halogens is 2. The van der Waals surface area contributed by atoms with Gasteiger partial charge in [0.2, 0.25) is 0 Å². The van der Waals surface area contributed by atoms with E-state index < -0.39 is 12.0 Å². The van der Waals surface area contributed by atoms with E-state index in [1.807, 2.05) is 13.0 Å². The fourth-order valence-corrected chi connectivity index (χ4v) is 3.89. The van der Waals surface area contributed by atoms with Crippen LogP contribution in [0.1, 0.15) is 17.3 Å². The van der Waals surface area contributed by atoms with Gasteiger partial charge in [0.05, 0.1) is 10.9 Å². The van der Waals surface area contributed by atoms with Gasteiger partial charge >= 0.3 is 5.97 Å². The van der Waals surface area contributed by atoms with E-state index >= 15 is 0 Å². The van der Waals surface area contributed by atoms with Crippen LogP contribution in [0, 0.1) is 0 Å². The first kappa shape index (κ1) is 14.9. The summed E-state index contributed by atoms with van der Waals surface area (Å²) in [5.41, 5.74) is 0.468. The van der Waals surface area contributed by atoms with Crippen LogP contribution in [-0.2, 0) is 4.79 Å². The largest absolute Gasteiger partial charge is 0.480 e. The van der Waals surface area contributed by atoms with E-state index in [-0.39, 0.29) is 11.3 Å². The van der Waals surface area contributed by atoms with E-state index in [0.29, 0.717) is 15.8 Å². The summed E-state index contributed by atoms with van der Waals surface area (Å²) < 4.78 is 1.44. The molecule has 1 saturated heterocycles. The molecule has 4 nitrogen and oxygen atoms in total. The number of thioether (sulfide) groups is 1. The summed E-state index contributed by atoms with van der Waals surface area (Å²) in [6.45, 7) is 1.84. The Morgan fingerprint density at radius 3 is 2.74 bits per heavy atom. The molecule has 1 aromatic rings. The Hall–Kier alpha value is -0.530. The lowest BCUT2D eigenvalue weighted by atomic mass is 10.1. The van der Waals surface area contributed by atoms with Crippen molar-refractivity contribution in [3.63, 3.8) is 0 Å². The molecule has 1 amide bonds. The second-order valence-electron chi connectivity index (χ2n) is 4.12. The predicted octanol–water partition coefficient (Wildman–Crippen LogP) is 3.20. The lowest BCUT2D eigenvalue weighted by Crippen LogP contribution is -2.44. The molecule has 2 rings (SSSR count). The summed E-state index contributed by atoms with van der Waals surface area (Å²) in [7, 11) is 0. The van der Waals surface area contributed by atoms with Crippen molar-refractivity contribution in [2.45, 2.75) is 18.3 Å². The highest BCUT2D eigenvalue weighted by Gasteiger charge is 2.40. The van der Waals surface area contributed by atoms with Gasteiger partial charge in [-0.05, 0) is 41.1 Å². The third kappa shape index (κ3) is 2.98. The maximum Gasteiger partial charge on any atom is 0.327 e. The van der Waals surface area contributed by atoms with Crippen molar-refractivity contribution in [2.24, 2.45) is 0 Å². The van der Waals surface area contributed by atoms with Crippen molar-refractivity contribution >= 4 is 55.5 Å². The number of carbonyl (C=O) groups excluding carboxylic acids is 1. The van der Waals surface area contributed by atoms with Gasteiger partial charge in [-0.15, -0.1) is 11.8 Å². The van der Waals surface area contributed by atoms with Gasteiger partial charge in [-0.3, -0.25) is 4.79 Å². The molecule has 1 heterocycles. The molecular formula is C12H11Br2NO3S. The van der Waals surface area contributed by atoms with Gasteiger partial charge in [0.15, 0.2) is 0 Å². The average Bonchev–Trinajstić information content (AvgIpc) is 2.73. The van der Waals surface area contributed by atoms with Crippen LogP contribution >= 0.6 is 43.6 Å². The predicted molar refractivity (Wildman–Crippen MR) is 81.4 cm³/mol. The molecule has 0 aliphatic carbocycles. The van der Waals surface area contributed by atoms with E-state index in [4.69, 9.17) is 0 Å². The number of amides is 1. The highest BCUT2D eigenvalue weighted by atomic mass is 79.9. The molecule has 1 aliphatic rings. The van der Waals surface area contributed by atoms with Crippen LogP contribution in [0.15, 0.2) is 27.1 Å². The molecule has 1 aromatic carbocycles. The summed E-state index contributed by atoms with van der Waals surface area (Å²) >= 11 is 8.12. The number of hydrogen-bond donors (Lipinski definition) is 1. The van der Waals surface area contributed by atoms with E-state index in [1.165, 1.54) is 16.7 Å². The molecule has 1 aliphatic heterocycles. The van der Waals surface area contributed by atoms with Crippen molar-refractivity contribution in [3.8, 4) is 0 Å². The van der Waals surface area contributed by atoms with Crippen molar-refractivity contribution < 1.29 is 14.7 Å². The monoisotopic (exact) mass is 407 g/mol. The zero-order valence-corrected chi connectivity index (χ0v) is 14.0. The van der Waals surface area contributed by atoms with Crippen LogP contribution in [-0.4, -0.2) is 39.1 Å². The topological polar surface area (TPSA) is 57.6 Å². The zero-order chi connectivity index (χ0) is 14.2. The smallest absolute Gasteiger partial charge is 0.327 e. The Morgan fingerprint density at radius 2 is 2.11 bits per heavy atom. The highest BCUT2D eigenvalue weighted by Crippen LogP contribution is 2.32. The van der Waals surface area contributed by atoms with Crippen molar-refractivity contribution in [1.82, 2.24) is 4.90 Å². The molecule has 0 radical (unpaired) electrons. The summed E-state index contributed by atoms with van der Waals surface area (Å²) in [4.78, 5) is 25.2. The minimum Gasteiger partial charge on any atom is -0.480 e. The van der Waals surface area contributed by atoms with Crippen LogP contribution in [0.5, 0.6) is 0 Å². The van der Waals surface area contributed by atoms with E-state index in [0.717, 1.165) is 4.47 Å². The first-order valence-electron chi connectivity index (χ1n) is 5.54. The highest BCUT2D eigenvalue weighted by molar-refractivity contribution is 9.11. The lowest BCUT2D eigenvalue weighted by molar-refractivity contribution is -0.141. The third-order valence-electron chi connectivity index (χ3n) is 2.90. The molecule has 0 aromatic heterocycles. The average molecular weight is 409 g/mol. The normalized spacial score (nSPS) is 22.6. The van der Waals surface area contributed by atoms with Crippen LogP contribution < -0.4 is 0 Å². The van der Waals surface area contributed by atoms with E-state index in [1.54, 1.807) is 12.1 Å². The van der Waals surface area contributed by atoms with Crippen LogP contribution in [0.4, 0.5) is 0 Å². The minimum atomic E-state index is -0.962. The number of carbonyl (C=O) groups is 2. The number of benzene rings is 1. The molecule has 102 valence electrons. The summed E-state index contributed by atoms with van der Waals surface area (Å²) in [6.07, 6.45) is 0. The number of nitrogens with zero attached hydrogens (tertiary/aromatic N) is 1. The quantitative estimate of drug-likeness (QED) is 0.816. The van der Waals surface area contributed by atoms with Gasteiger partial charge in [0, 0.05) is 14.7 Å². The molecular weight excluding hydrogens is 398 g/mol. The molecule has 1 N–H and O–H groups in total. The van der Waals surface area contributed by atoms with Gasteiger partial charge in [0.1, 0.15) is 6.04 Å². The Kier molecular flexibility index (Phi) is 4.58. The van der Waals surface area contributed by atoms with Crippen molar-refractivity contribution in [1.29, 1.82) is 0 Å². The molecule has 19 heavy (non-hydrogen) atoms. The molecule has 7 heteroatoms. The standard InChI is InChI=1S/C12H11Br2NO3S/c1-6-15(10(5-19-6)12(17)18)11(16)8-4-7(13)2-3-9(8)14/h2-4,6,10H,5H2,1H3,(H,17,18). The first-order valence-corrected chi connectivity index (χ1v) is 8.17. The summed E-state index contributed by atoms with van der Waals surface area (Å²) in [6, 6.07) is 4.51. The number of carboxylic acids is 1. The second-order valence-corrected chi connectivity index (χ2v) is 7.24. The SMILES string of the molecule is CC1SCC(C(=O)O)N1C(=O)c1cc(Br)ccc1Br. The Morgan fingerprint density at radius 1 is 1.42 bits per heavy atom. The number of hydrogen-bond acceptors (Lipinski definition) is 3. The maximum atomic E-state index is 12.5. The van der Waals surface area contributed by atoms with Gasteiger partial charge < -0.3 is 10.0 Å². The fraction of sp³-hybridized carbons (Fsp3) is 0.333. The van der Waals surface area contributed by atoms with Crippen molar-refractivity contribution in [3.05, 3.63) is 32.7 Å². The molecule has 0 spiro atoms. The van der Waals surface area contributed by atoms with Gasteiger partial charge in [-0.1, -0.05) is 15.9 Å². The minimum absolute atomic E-state index is 0.139. The molecule has 0 saturated carbocycles. The van der Waals surface area contributed by atoms with E-state index in [9.17, 15) is 14.7 Å². The zero-order valence-electron chi connectivity index (χ0n) is 9.97. The van der Waals surface area contributed by atoms with Crippen LogP contribution in [0.3, 0.4) is 0 Å². The van der Waals surface area contributed by atoms with Gasteiger partial charge in [-0.25, -0.2) is 4.79 Å². The second kappa shape index (κ2) is 5.85. The number of aliphatic carboxylic acids is 1.